The first-order chi connectivity index (χ1) is 12.2. The number of non-ortho nitro benzene ring substituents is 1. The third-order valence-corrected chi connectivity index (χ3v) is 3.51. The van der Waals surface area contributed by atoms with Gasteiger partial charge in [0.05, 0.1) is 12.0 Å². The van der Waals surface area contributed by atoms with Crippen LogP contribution in [-0.4, -0.2) is 23.7 Å². The Labute approximate surface area is 150 Å². The van der Waals surface area contributed by atoms with Gasteiger partial charge in [0.25, 0.3) is 5.69 Å². The molecule has 0 aliphatic carbocycles. The van der Waals surface area contributed by atoms with Gasteiger partial charge in [-0.2, -0.15) is 0 Å². The van der Waals surface area contributed by atoms with Crippen molar-refractivity contribution in [2.24, 2.45) is 5.73 Å². The zero-order valence-electron chi connectivity index (χ0n) is 14.7. The number of benzene rings is 2. The summed E-state index contributed by atoms with van der Waals surface area (Å²) in [6.45, 7) is 3.50. The molecule has 0 bridgehead atoms. The van der Waals surface area contributed by atoms with Crippen molar-refractivity contribution in [3.05, 3.63) is 58.1 Å². The predicted molar refractivity (Wildman–Crippen MR) is 94.6 cm³/mol. The lowest BCUT2D eigenvalue weighted by Gasteiger charge is -2.24. The summed E-state index contributed by atoms with van der Waals surface area (Å²) in [5.74, 6) is 1.37. The highest BCUT2D eigenvalue weighted by Crippen LogP contribution is 2.34. The van der Waals surface area contributed by atoms with E-state index in [4.69, 9.17) is 19.9 Å². The van der Waals surface area contributed by atoms with Gasteiger partial charge >= 0.3 is 6.09 Å². The summed E-state index contributed by atoms with van der Waals surface area (Å²) in [5.41, 5.74) is 5.12. The molecule has 1 amide bonds. The molecule has 2 aromatic rings. The number of carbonyl (C=O) groups is 1. The van der Waals surface area contributed by atoms with E-state index in [2.05, 4.69) is 0 Å². The van der Waals surface area contributed by atoms with Crippen LogP contribution in [0.5, 0.6) is 17.2 Å². The first kappa shape index (κ1) is 19.0. The lowest BCUT2D eigenvalue weighted by Crippen LogP contribution is -2.33. The van der Waals surface area contributed by atoms with Crippen LogP contribution in [0.1, 0.15) is 19.4 Å². The van der Waals surface area contributed by atoms with Crippen LogP contribution in [0.2, 0.25) is 0 Å². The second-order valence-electron chi connectivity index (χ2n) is 6.20. The fourth-order valence-corrected chi connectivity index (χ4v) is 2.47. The van der Waals surface area contributed by atoms with Crippen LogP contribution in [0.4, 0.5) is 10.5 Å². The van der Waals surface area contributed by atoms with Crippen molar-refractivity contribution in [1.82, 2.24) is 0 Å². The summed E-state index contributed by atoms with van der Waals surface area (Å²) < 4.78 is 16.2. The van der Waals surface area contributed by atoms with Gasteiger partial charge in [0.2, 0.25) is 0 Å². The first-order valence-corrected chi connectivity index (χ1v) is 7.78. The number of carbonyl (C=O) groups excluding carboxylic acids is 1. The van der Waals surface area contributed by atoms with Crippen LogP contribution in [0.25, 0.3) is 0 Å². The summed E-state index contributed by atoms with van der Waals surface area (Å²) in [6.07, 6.45) is -0.429. The Morgan fingerprint density at radius 1 is 1.15 bits per heavy atom. The number of nitrogens with two attached hydrogens (primary N) is 1. The Kier molecular flexibility index (Phi) is 5.66. The minimum atomic E-state index is -0.842. The van der Waals surface area contributed by atoms with Crippen molar-refractivity contribution in [3.8, 4) is 17.2 Å². The van der Waals surface area contributed by atoms with Crippen LogP contribution >= 0.6 is 0 Å². The number of rotatable bonds is 7. The van der Waals surface area contributed by atoms with Gasteiger partial charge in [0.15, 0.2) is 11.5 Å². The number of nitro groups is 1. The van der Waals surface area contributed by atoms with E-state index >= 15 is 0 Å². The smallest absolute Gasteiger partial charge is 0.405 e. The maximum Gasteiger partial charge on any atom is 0.405 e. The SMILES string of the molecule is COc1ccc(CC(C)(C)OC(N)=O)cc1Oc1ccc([N+](=O)[O-])cc1. The molecule has 0 saturated carbocycles. The lowest BCUT2D eigenvalue weighted by atomic mass is 9.98. The highest BCUT2D eigenvalue weighted by Gasteiger charge is 2.23. The molecule has 8 nitrogen and oxygen atoms in total. The number of ether oxygens (including phenoxy) is 3. The molecule has 0 spiro atoms. The molecule has 2 rings (SSSR count). The van der Waals surface area contributed by atoms with Crippen molar-refractivity contribution in [2.45, 2.75) is 25.9 Å². The number of amides is 1. The van der Waals surface area contributed by atoms with E-state index in [-0.39, 0.29) is 5.69 Å². The zero-order chi connectivity index (χ0) is 19.3. The van der Waals surface area contributed by atoms with Gasteiger partial charge in [0.1, 0.15) is 11.4 Å². The molecule has 0 fully saturated rings. The molecule has 26 heavy (non-hydrogen) atoms. The van der Waals surface area contributed by atoms with Crippen molar-refractivity contribution >= 4 is 11.8 Å². The van der Waals surface area contributed by atoms with Crippen molar-refractivity contribution in [1.29, 1.82) is 0 Å². The fraction of sp³-hybridized carbons (Fsp3) is 0.278. The van der Waals surface area contributed by atoms with E-state index in [9.17, 15) is 14.9 Å². The zero-order valence-corrected chi connectivity index (χ0v) is 14.7. The number of nitrogens with zero attached hydrogens (tertiary/aromatic N) is 1. The molecule has 0 heterocycles. The Balaban J connectivity index is 2.23. The highest BCUT2D eigenvalue weighted by atomic mass is 16.6. The number of hydrogen-bond acceptors (Lipinski definition) is 6. The Bertz CT molecular complexity index is 802. The number of nitro benzene ring substituents is 1. The topological polar surface area (TPSA) is 114 Å². The minimum absolute atomic E-state index is 0.0246. The third kappa shape index (κ3) is 5.10. The van der Waals surface area contributed by atoms with Gasteiger partial charge < -0.3 is 19.9 Å². The molecule has 2 aromatic carbocycles. The number of methoxy groups -OCH3 is 1. The molecule has 2 N–H and O–H groups in total. The molecular formula is C18H20N2O6. The summed E-state index contributed by atoms with van der Waals surface area (Å²) >= 11 is 0. The van der Waals surface area contributed by atoms with Crippen molar-refractivity contribution in [2.75, 3.05) is 7.11 Å². The van der Waals surface area contributed by atoms with Gasteiger partial charge in [0, 0.05) is 18.6 Å². The summed E-state index contributed by atoms with van der Waals surface area (Å²) in [7, 11) is 1.51. The van der Waals surface area contributed by atoms with Crippen LogP contribution in [0, 0.1) is 10.1 Å². The Hall–Kier alpha value is -3.29. The minimum Gasteiger partial charge on any atom is -0.493 e. The third-order valence-electron chi connectivity index (χ3n) is 3.51. The molecule has 0 radical (unpaired) electrons. The largest absolute Gasteiger partial charge is 0.493 e. The van der Waals surface area contributed by atoms with Crippen molar-refractivity contribution in [3.63, 3.8) is 0 Å². The summed E-state index contributed by atoms with van der Waals surface area (Å²) in [4.78, 5) is 21.2. The molecule has 0 aliphatic rings. The summed E-state index contributed by atoms with van der Waals surface area (Å²) in [6, 6.07) is 11.0. The quantitative estimate of drug-likeness (QED) is 0.593. The molecular weight excluding hydrogens is 340 g/mol. The molecule has 0 aromatic heterocycles. The number of hydrogen-bond donors (Lipinski definition) is 1. The van der Waals surface area contributed by atoms with Gasteiger partial charge in [-0.15, -0.1) is 0 Å². The van der Waals surface area contributed by atoms with E-state index in [0.717, 1.165) is 5.56 Å². The predicted octanol–water partition coefficient (Wildman–Crippen LogP) is 3.81. The van der Waals surface area contributed by atoms with E-state index < -0.39 is 16.6 Å². The van der Waals surface area contributed by atoms with E-state index in [1.807, 2.05) is 6.07 Å². The normalized spacial score (nSPS) is 10.9. The van der Waals surface area contributed by atoms with Crippen LogP contribution < -0.4 is 15.2 Å². The van der Waals surface area contributed by atoms with Crippen LogP contribution in [-0.2, 0) is 11.2 Å². The molecule has 0 aliphatic heterocycles. The fourth-order valence-electron chi connectivity index (χ4n) is 2.47. The first-order valence-electron chi connectivity index (χ1n) is 7.78. The van der Waals surface area contributed by atoms with E-state index in [1.165, 1.54) is 31.4 Å². The van der Waals surface area contributed by atoms with E-state index in [0.29, 0.717) is 23.7 Å². The summed E-state index contributed by atoms with van der Waals surface area (Å²) in [5, 5.41) is 10.7. The highest BCUT2D eigenvalue weighted by molar-refractivity contribution is 5.65. The molecule has 0 unspecified atom stereocenters. The van der Waals surface area contributed by atoms with Gasteiger partial charge in [-0.1, -0.05) is 6.07 Å². The van der Waals surface area contributed by atoms with E-state index in [1.54, 1.807) is 26.0 Å². The Morgan fingerprint density at radius 2 is 1.81 bits per heavy atom. The maximum atomic E-state index is 11.0. The maximum absolute atomic E-state index is 11.0. The number of primary amides is 1. The molecule has 0 atom stereocenters. The van der Waals surface area contributed by atoms with Crippen LogP contribution in [0.3, 0.4) is 0 Å². The molecule has 0 saturated heterocycles. The second kappa shape index (κ2) is 7.73. The second-order valence-corrected chi connectivity index (χ2v) is 6.20. The average Bonchev–Trinajstić information content (AvgIpc) is 2.54. The average molecular weight is 360 g/mol. The Morgan fingerprint density at radius 3 is 2.35 bits per heavy atom. The van der Waals surface area contributed by atoms with Gasteiger partial charge in [-0.05, 0) is 43.7 Å². The molecule has 138 valence electrons. The lowest BCUT2D eigenvalue weighted by molar-refractivity contribution is -0.384. The van der Waals surface area contributed by atoms with Gasteiger partial charge in [-0.25, -0.2) is 4.79 Å². The van der Waals surface area contributed by atoms with Gasteiger partial charge in [-0.3, -0.25) is 10.1 Å². The monoisotopic (exact) mass is 360 g/mol. The van der Waals surface area contributed by atoms with Crippen LogP contribution in [0.15, 0.2) is 42.5 Å². The standard InChI is InChI=1S/C18H20N2O6/c1-18(2,26-17(19)21)11-12-4-9-15(24-3)16(10-12)25-14-7-5-13(6-8-14)20(22)23/h4-10H,11H2,1-3H3,(H2,19,21). The van der Waals surface area contributed by atoms with Crippen molar-refractivity contribution < 1.29 is 23.9 Å². The molecule has 8 heteroatoms.